The van der Waals surface area contributed by atoms with Gasteiger partial charge >= 0.3 is 0 Å². The largest absolute Gasteiger partial charge is 0.378 e. The van der Waals surface area contributed by atoms with Crippen molar-refractivity contribution in [3.63, 3.8) is 0 Å². The van der Waals surface area contributed by atoms with Crippen LogP contribution in [-0.4, -0.2) is 63.3 Å². The molecule has 0 bridgehead atoms. The number of likely N-dealkylation sites (N-methyl/N-ethyl adjacent to an activating group) is 2. The van der Waals surface area contributed by atoms with Crippen molar-refractivity contribution in [1.82, 2.24) is 9.80 Å². The van der Waals surface area contributed by atoms with Crippen molar-refractivity contribution in [2.24, 2.45) is 0 Å². The molecule has 0 aliphatic carbocycles. The molecule has 0 radical (unpaired) electrons. The Morgan fingerprint density at radius 2 is 0.676 bits per heavy atom. The lowest BCUT2D eigenvalue weighted by Gasteiger charge is -2.36. The normalized spacial score (nSPS) is 13.4. The van der Waals surface area contributed by atoms with Gasteiger partial charge in [-0.2, -0.15) is 0 Å². The number of nitrogens with zero attached hydrogens (tertiary/aromatic N) is 2. The molecule has 0 saturated carbocycles. The molecule has 0 aliphatic heterocycles. The van der Waals surface area contributed by atoms with E-state index in [0.29, 0.717) is 13.2 Å². The van der Waals surface area contributed by atoms with Gasteiger partial charge in [0, 0.05) is 23.9 Å². The van der Waals surface area contributed by atoms with Gasteiger partial charge in [0.05, 0.1) is 13.2 Å². The zero-order valence-corrected chi connectivity index (χ0v) is 22.6. The molecule has 3 nitrogen and oxygen atoms in total. The van der Waals surface area contributed by atoms with Gasteiger partial charge in [-0.1, -0.05) is 121 Å². The van der Waals surface area contributed by atoms with Crippen molar-refractivity contribution in [2.45, 2.75) is 23.9 Å². The molecule has 4 aromatic carbocycles. The number of rotatable bonds is 12. The van der Waals surface area contributed by atoms with Crippen molar-refractivity contribution >= 4 is 0 Å². The fourth-order valence-electron chi connectivity index (χ4n) is 5.31. The van der Waals surface area contributed by atoms with Crippen LogP contribution in [0.2, 0.25) is 0 Å². The van der Waals surface area contributed by atoms with Crippen molar-refractivity contribution < 1.29 is 4.74 Å². The zero-order chi connectivity index (χ0) is 26.0. The summed E-state index contributed by atoms with van der Waals surface area (Å²) in [7, 11) is 8.64. The number of benzene rings is 4. The summed E-state index contributed by atoms with van der Waals surface area (Å²) in [5.74, 6) is 0.434. The number of hydrogen-bond donors (Lipinski definition) is 0. The smallest absolute Gasteiger partial charge is 0.0631 e. The molecule has 0 spiro atoms. The summed E-state index contributed by atoms with van der Waals surface area (Å²) < 4.78 is 6.65. The van der Waals surface area contributed by atoms with Gasteiger partial charge in [-0.05, 0) is 50.4 Å². The molecular weight excluding hydrogens is 452 g/mol. The van der Waals surface area contributed by atoms with Crippen molar-refractivity contribution in [3.05, 3.63) is 144 Å². The van der Waals surface area contributed by atoms with Gasteiger partial charge in [0.25, 0.3) is 0 Å². The van der Waals surface area contributed by atoms with E-state index in [9.17, 15) is 0 Å². The first-order valence-electron chi connectivity index (χ1n) is 13.2. The number of hydrogen-bond acceptors (Lipinski definition) is 3. The predicted molar refractivity (Wildman–Crippen MR) is 155 cm³/mol. The summed E-state index contributed by atoms with van der Waals surface area (Å²) >= 11 is 0. The van der Waals surface area contributed by atoms with E-state index in [1.807, 2.05) is 0 Å². The zero-order valence-electron chi connectivity index (χ0n) is 22.6. The van der Waals surface area contributed by atoms with E-state index < -0.39 is 0 Å². The maximum atomic E-state index is 6.65. The van der Waals surface area contributed by atoms with Crippen LogP contribution >= 0.6 is 0 Å². The van der Waals surface area contributed by atoms with E-state index in [1.165, 1.54) is 22.3 Å². The van der Waals surface area contributed by atoms with Crippen molar-refractivity contribution in [3.8, 4) is 0 Å². The lowest BCUT2D eigenvalue weighted by atomic mass is 9.84. The van der Waals surface area contributed by atoms with E-state index in [-0.39, 0.29) is 23.9 Å². The molecule has 0 saturated heterocycles. The average molecular weight is 493 g/mol. The van der Waals surface area contributed by atoms with Gasteiger partial charge < -0.3 is 14.5 Å². The fourth-order valence-corrected chi connectivity index (χ4v) is 5.31. The van der Waals surface area contributed by atoms with Crippen LogP contribution in [-0.2, 0) is 4.74 Å². The summed E-state index contributed by atoms with van der Waals surface area (Å²) in [5.41, 5.74) is 5.25. The highest BCUT2D eigenvalue weighted by Crippen LogP contribution is 2.32. The molecule has 4 aromatic rings. The third-order valence-electron chi connectivity index (χ3n) is 7.31. The van der Waals surface area contributed by atoms with Crippen LogP contribution in [0.4, 0.5) is 0 Å². The Labute approximate surface area is 223 Å². The van der Waals surface area contributed by atoms with Crippen molar-refractivity contribution in [2.75, 3.05) is 41.4 Å². The SMILES string of the molecule is CN(C)C(COCC(C(c1ccccc1)c1ccccc1)N(C)C)C(c1ccccc1)c1ccccc1. The molecule has 3 heteroatoms. The van der Waals surface area contributed by atoms with Gasteiger partial charge in [0.1, 0.15) is 0 Å². The lowest BCUT2D eigenvalue weighted by molar-refractivity contribution is 0.0361. The second kappa shape index (κ2) is 13.3. The molecule has 0 aromatic heterocycles. The van der Waals surface area contributed by atoms with Gasteiger partial charge in [0.2, 0.25) is 0 Å². The molecule has 37 heavy (non-hydrogen) atoms. The van der Waals surface area contributed by atoms with Gasteiger partial charge in [-0.15, -0.1) is 0 Å². The van der Waals surface area contributed by atoms with E-state index in [4.69, 9.17) is 4.74 Å². The molecule has 0 amide bonds. The Kier molecular flexibility index (Phi) is 9.67. The molecule has 0 N–H and O–H groups in total. The van der Waals surface area contributed by atoms with Gasteiger partial charge in [0.15, 0.2) is 0 Å². The third-order valence-corrected chi connectivity index (χ3v) is 7.31. The molecule has 2 atom stereocenters. The Bertz CT molecular complexity index is 990. The minimum atomic E-state index is 0.194. The predicted octanol–water partition coefficient (Wildman–Crippen LogP) is 6.53. The van der Waals surface area contributed by atoms with E-state index in [1.54, 1.807) is 0 Å². The van der Waals surface area contributed by atoms with Crippen LogP contribution in [0, 0.1) is 0 Å². The third kappa shape index (κ3) is 6.95. The highest BCUT2D eigenvalue weighted by molar-refractivity contribution is 5.36. The molecule has 4 rings (SSSR count). The first-order chi connectivity index (χ1) is 18.1. The lowest BCUT2D eigenvalue weighted by Crippen LogP contribution is -2.42. The Morgan fingerprint density at radius 3 is 0.892 bits per heavy atom. The van der Waals surface area contributed by atoms with Crippen LogP contribution in [0.25, 0.3) is 0 Å². The number of ether oxygens (including phenoxy) is 1. The molecule has 0 aliphatic rings. The second-order valence-electron chi connectivity index (χ2n) is 10.2. The summed E-state index contributed by atoms with van der Waals surface area (Å²) in [6.45, 7) is 1.28. The van der Waals surface area contributed by atoms with E-state index in [2.05, 4.69) is 159 Å². The minimum Gasteiger partial charge on any atom is -0.378 e. The Hall–Kier alpha value is -3.24. The van der Waals surface area contributed by atoms with E-state index in [0.717, 1.165) is 0 Å². The summed E-state index contributed by atoms with van der Waals surface area (Å²) in [5, 5.41) is 0. The van der Waals surface area contributed by atoms with Crippen LogP contribution < -0.4 is 0 Å². The standard InChI is InChI=1S/C34H40N2O/c1-35(2)31(33(27-17-9-5-10-18-27)28-19-11-6-12-20-28)25-37-26-32(36(3)4)34(29-21-13-7-14-22-29)30-23-15-8-16-24-30/h5-24,31-34H,25-26H2,1-4H3. The second-order valence-corrected chi connectivity index (χ2v) is 10.2. The van der Waals surface area contributed by atoms with Gasteiger partial charge in [-0.3, -0.25) is 0 Å². The fraction of sp³-hybridized carbons (Fsp3) is 0.294. The van der Waals surface area contributed by atoms with Crippen LogP contribution in [0.3, 0.4) is 0 Å². The molecule has 192 valence electrons. The molecule has 0 fully saturated rings. The summed E-state index contributed by atoms with van der Waals surface area (Å²) in [4.78, 5) is 4.61. The monoisotopic (exact) mass is 492 g/mol. The topological polar surface area (TPSA) is 15.7 Å². The highest BCUT2D eigenvalue weighted by Gasteiger charge is 2.30. The molecule has 2 unspecified atom stereocenters. The Balaban J connectivity index is 1.59. The van der Waals surface area contributed by atoms with E-state index >= 15 is 0 Å². The molecular formula is C34H40N2O. The van der Waals surface area contributed by atoms with Crippen molar-refractivity contribution in [1.29, 1.82) is 0 Å². The molecule has 0 heterocycles. The highest BCUT2D eigenvalue weighted by atomic mass is 16.5. The minimum absolute atomic E-state index is 0.194. The quantitative estimate of drug-likeness (QED) is 0.224. The first kappa shape index (κ1) is 26.8. The van der Waals surface area contributed by atoms with Crippen LogP contribution in [0.5, 0.6) is 0 Å². The van der Waals surface area contributed by atoms with Gasteiger partial charge in [-0.25, -0.2) is 0 Å². The summed E-state index contributed by atoms with van der Waals surface area (Å²) in [6.07, 6.45) is 0. The Morgan fingerprint density at radius 1 is 0.432 bits per heavy atom. The maximum Gasteiger partial charge on any atom is 0.0631 e. The maximum absolute atomic E-state index is 6.65. The summed E-state index contributed by atoms with van der Waals surface area (Å²) in [6, 6.07) is 43.6. The van der Waals surface area contributed by atoms with Crippen LogP contribution in [0.15, 0.2) is 121 Å². The van der Waals surface area contributed by atoms with Crippen LogP contribution in [0.1, 0.15) is 34.1 Å². The first-order valence-corrected chi connectivity index (χ1v) is 13.2. The average Bonchev–Trinajstić information content (AvgIpc) is 2.94.